The lowest BCUT2D eigenvalue weighted by Crippen LogP contribution is -2.25. The summed E-state index contributed by atoms with van der Waals surface area (Å²) in [6.07, 6.45) is -0.990. The molecule has 84 valence electrons. The van der Waals surface area contributed by atoms with Gasteiger partial charge in [0.2, 0.25) is 5.91 Å². The normalized spacial score (nSPS) is 14.9. The van der Waals surface area contributed by atoms with Gasteiger partial charge in [0.1, 0.15) is 6.10 Å². The zero-order valence-electron chi connectivity index (χ0n) is 8.71. The summed E-state index contributed by atoms with van der Waals surface area (Å²) in [5.41, 5.74) is 6.05. The lowest BCUT2D eigenvalue weighted by atomic mass is 10.0. The highest BCUT2D eigenvalue weighted by Gasteiger charge is 2.23. The molecule has 4 N–H and O–H groups in total. The van der Waals surface area contributed by atoms with E-state index in [1.54, 1.807) is 20.2 Å². The molecule has 0 aromatic carbocycles. The zero-order valence-corrected chi connectivity index (χ0v) is 8.71. The number of aliphatic hydroxyl groups is 2. The molecule has 6 nitrogen and oxygen atoms in total. The molecule has 15 heavy (non-hydrogen) atoms. The number of aromatic nitrogens is 2. The van der Waals surface area contributed by atoms with E-state index in [0.29, 0.717) is 11.3 Å². The fraction of sp³-hybridized carbons (Fsp3) is 0.556. The van der Waals surface area contributed by atoms with Crippen molar-refractivity contribution < 1.29 is 15.0 Å². The Morgan fingerprint density at radius 1 is 1.67 bits per heavy atom. The maximum Gasteiger partial charge on any atom is 0.220 e. The van der Waals surface area contributed by atoms with Gasteiger partial charge in [-0.15, -0.1) is 0 Å². The van der Waals surface area contributed by atoms with Crippen LogP contribution in [0.4, 0.5) is 0 Å². The number of carbonyl (C=O) groups is 1. The topological polar surface area (TPSA) is 101 Å². The summed E-state index contributed by atoms with van der Waals surface area (Å²) in [4.78, 5) is 10.6. The molecule has 1 amide bonds. The van der Waals surface area contributed by atoms with Gasteiger partial charge in [-0.2, -0.15) is 5.10 Å². The standard InChI is InChI=1S/C9H15N3O3/c1-5-6(4-12(2)11-5)9(15)7(13)3-8(10)14/h4,7,9,13,15H,3H2,1-2H3,(H2,10,14). The molecule has 2 atom stereocenters. The molecule has 6 heteroatoms. The zero-order chi connectivity index (χ0) is 11.6. The Labute approximate surface area is 87.3 Å². The molecule has 0 bridgehead atoms. The molecule has 0 radical (unpaired) electrons. The van der Waals surface area contributed by atoms with Gasteiger partial charge in [-0.1, -0.05) is 0 Å². The summed E-state index contributed by atoms with van der Waals surface area (Å²) in [5.74, 6) is -0.650. The van der Waals surface area contributed by atoms with E-state index in [0.717, 1.165) is 0 Å². The molecule has 1 rings (SSSR count). The lowest BCUT2D eigenvalue weighted by Gasteiger charge is -2.15. The largest absolute Gasteiger partial charge is 0.390 e. The lowest BCUT2D eigenvalue weighted by molar-refractivity contribution is -0.121. The molecule has 0 aliphatic heterocycles. The van der Waals surface area contributed by atoms with Crippen molar-refractivity contribution in [3.8, 4) is 0 Å². The number of rotatable bonds is 4. The Morgan fingerprint density at radius 3 is 2.67 bits per heavy atom. The van der Waals surface area contributed by atoms with Gasteiger partial charge in [0.05, 0.1) is 18.2 Å². The van der Waals surface area contributed by atoms with Crippen LogP contribution in [-0.4, -0.2) is 32.0 Å². The predicted molar refractivity (Wildman–Crippen MR) is 52.7 cm³/mol. The van der Waals surface area contributed by atoms with E-state index in [1.807, 2.05) is 0 Å². The first-order valence-electron chi connectivity index (χ1n) is 4.56. The second kappa shape index (κ2) is 4.41. The van der Waals surface area contributed by atoms with Gasteiger partial charge in [0, 0.05) is 18.8 Å². The number of nitrogens with zero attached hydrogens (tertiary/aromatic N) is 2. The van der Waals surface area contributed by atoms with Crippen LogP contribution in [0, 0.1) is 6.92 Å². The van der Waals surface area contributed by atoms with Crippen molar-refractivity contribution in [2.75, 3.05) is 0 Å². The number of hydrogen-bond acceptors (Lipinski definition) is 4. The first-order chi connectivity index (χ1) is 6.91. The van der Waals surface area contributed by atoms with Crippen LogP contribution in [0.2, 0.25) is 0 Å². The van der Waals surface area contributed by atoms with Gasteiger partial charge in [-0.3, -0.25) is 9.48 Å². The molecular weight excluding hydrogens is 198 g/mol. The Hall–Kier alpha value is -1.40. The summed E-state index contributed by atoms with van der Waals surface area (Å²) >= 11 is 0. The molecule has 2 unspecified atom stereocenters. The Morgan fingerprint density at radius 2 is 2.27 bits per heavy atom. The van der Waals surface area contributed by atoms with Crippen molar-refractivity contribution in [3.05, 3.63) is 17.5 Å². The van der Waals surface area contributed by atoms with Crippen LogP contribution in [0.5, 0.6) is 0 Å². The number of primary amides is 1. The first-order valence-corrected chi connectivity index (χ1v) is 4.56. The number of carbonyl (C=O) groups excluding carboxylic acids is 1. The third-order valence-electron chi connectivity index (χ3n) is 2.14. The molecular formula is C9H15N3O3. The van der Waals surface area contributed by atoms with Crippen LogP contribution in [0.1, 0.15) is 23.8 Å². The fourth-order valence-corrected chi connectivity index (χ4v) is 1.43. The maximum atomic E-state index is 10.6. The Balaban J connectivity index is 2.79. The quantitative estimate of drug-likeness (QED) is 0.597. The second-order valence-electron chi connectivity index (χ2n) is 3.53. The van der Waals surface area contributed by atoms with Crippen LogP contribution in [0.15, 0.2) is 6.20 Å². The van der Waals surface area contributed by atoms with Crippen LogP contribution >= 0.6 is 0 Å². The van der Waals surface area contributed by atoms with E-state index in [2.05, 4.69) is 5.10 Å². The summed E-state index contributed by atoms with van der Waals surface area (Å²) in [6.45, 7) is 1.72. The van der Waals surface area contributed by atoms with Crippen LogP contribution in [0.25, 0.3) is 0 Å². The highest BCUT2D eigenvalue weighted by molar-refractivity contribution is 5.74. The predicted octanol–water partition coefficient (Wildman–Crippen LogP) is -1.00. The van der Waals surface area contributed by atoms with Crippen LogP contribution < -0.4 is 5.73 Å². The first kappa shape index (κ1) is 11.7. The van der Waals surface area contributed by atoms with Crippen molar-refractivity contribution in [2.24, 2.45) is 12.8 Å². The average Bonchev–Trinajstić information content (AvgIpc) is 2.42. The van der Waals surface area contributed by atoms with Gasteiger partial charge in [-0.05, 0) is 6.92 Å². The maximum absolute atomic E-state index is 10.6. The van der Waals surface area contributed by atoms with Crippen LogP contribution in [-0.2, 0) is 11.8 Å². The van der Waals surface area contributed by atoms with E-state index in [4.69, 9.17) is 5.73 Å². The van der Waals surface area contributed by atoms with Crippen molar-refractivity contribution in [1.82, 2.24) is 9.78 Å². The van der Waals surface area contributed by atoms with Gasteiger partial charge in [0.15, 0.2) is 0 Å². The Bertz CT molecular complexity index is 361. The van der Waals surface area contributed by atoms with E-state index in [-0.39, 0.29) is 6.42 Å². The van der Waals surface area contributed by atoms with Gasteiger partial charge < -0.3 is 15.9 Å². The number of aryl methyl sites for hydroxylation is 2. The summed E-state index contributed by atoms with van der Waals surface area (Å²) in [6, 6.07) is 0. The molecule has 0 spiro atoms. The van der Waals surface area contributed by atoms with Crippen molar-refractivity contribution in [2.45, 2.75) is 25.6 Å². The smallest absolute Gasteiger partial charge is 0.220 e. The van der Waals surface area contributed by atoms with E-state index < -0.39 is 18.1 Å². The number of amides is 1. The monoisotopic (exact) mass is 213 g/mol. The number of nitrogens with two attached hydrogens (primary N) is 1. The van der Waals surface area contributed by atoms with Crippen molar-refractivity contribution in [3.63, 3.8) is 0 Å². The molecule has 0 saturated heterocycles. The minimum atomic E-state index is -1.19. The molecule has 0 aliphatic carbocycles. The number of hydrogen-bond donors (Lipinski definition) is 3. The van der Waals surface area contributed by atoms with Gasteiger partial charge >= 0.3 is 0 Å². The molecule has 0 fully saturated rings. The van der Waals surface area contributed by atoms with Gasteiger partial charge in [0.25, 0.3) is 0 Å². The number of aliphatic hydroxyl groups excluding tert-OH is 2. The molecule has 0 aliphatic rings. The Kier molecular flexibility index (Phi) is 3.43. The van der Waals surface area contributed by atoms with Gasteiger partial charge in [-0.25, -0.2) is 0 Å². The third-order valence-corrected chi connectivity index (χ3v) is 2.14. The average molecular weight is 213 g/mol. The third kappa shape index (κ3) is 2.77. The van der Waals surface area contributed by atoms with E-state index in [9.17, 15) is 15.0 Å². The molecule has 1 heterocycles. The van der Waals surface area contributed by atoms with Crippen molar-refractivity contribution >= 4 is 5.91 Å². The minimum Gasteiger partial charge on any atom is -0.390 e. The summed E-state index contributed by atoms with van der Waals surface area (Å²) < 4.78 is 1.53. The highest BCUT2D eigenvalue weighted by atomic mass is 16.3. The SMILES string of the molecule is Cc1nn(C)cc1C(O)C(O)CC(N)=O. The minimum absolute atomic E-state index is 0.268. The molecule has 1 aromatic rings. The van der Waals surface area contributed by atoms with E-state index in [1.165, 1.54) is 4.68 Å². The van der Waals surface area contributed by atoms with Crippen LogP contribution in [0.3, 0.4) is 0 Å². The second-order valence-corrected chi connectivity index (χ2v) is 3.53. The molecule has 0 saturated carbocycles. The van der Waals surface area contributed by atoms with Crippen molar-refractivity contribution in [1.29, 1.82) is 0 Å². The summed E-state index contributed by atoms with van der Waals surface area (Å²) in [7, 11) is 1.71. The summed E-state index contributed by atoms with van der Waals surface area (Å²) in [5, 5.41) is 23.2. The molecule has 1 aromatic heterocycles. The van der Waals surface area contributed by atoms with E-state index >= 15 is 0 Å². The fourth-order valence-electron chi connectivity index (χ4n) is 1.43. The highest BCUT2D eigenvalue weighted by Crippen LogP contribution is 2.21.